The Balaban J connectivity index is 1.41. The van der Waals surface area contributed by atoms with E-state index in [2.05, 4.69) is 12.2 Å². The second-order valence-electron chi connectivity index (χ2n) is 8.56. The zero-order chi connectivity index (χ0) is 15.6. The Morgan fingerprint density at radius 3 is 2.78 bits per heavy atom. The second-order valence-corrected chi connectivity index (χ2v) is 8.56. The van der Waals surface area contributed by atoms with Crippen LogP contribution >= 0.6 is 0 Å². The summed E-state index contributed by atoms with van der Waals surface area (Å²) in [6.45, 7) is 1.58. The van der Waals surface area contributed by atoms with Crippen molar-refractivity contribution in [2.24, 2.45) is 35.5 Å². The van der Waals surface area contributed by atoms with E-state index in [1.54, 1.807) is 16.0 Å². The summed E-state index contributed by atoms with van der Waals surface area (Å²) in [5.74, 6) is 4.45. The lowest BCUT2D eigenvalue weighted by Crippen LogP contribution is -2.36. The summed E-state index contributed by atoms with van der Waals surface area (Å²) in [5, 5.41) is 9.29. The molecule has 3 heteroatoms. The summed E-state index contributed by atoms with van der Waals surface area (Å²) in [5.41, 5.74) is 3.49. The quantitative estimate of drug-likeness (QED) is 0.723. The number of amides is 1. The molecule has 0 aromatic rings. The minimum Gasteiger partial charge on any atom is -0.465 e. The number of likely N-dealkylation sites (tertiary alicyclic amines) is 1. The van der Waals surface area contributed by atoms with Crippen molar-refractivity contribution in [3.8, 4) is 0 Å². The first-order valence-electron chi connectivity index (χ1n) is 9.61. The number of carbonyl (C=O) groups is 1. The standard InChI is InChI=1S/C20H27NO2/c22-20(23)21-10-13-9-18-16-6-5-12-3-1-2-4-14(12)15(16)7-8-17(18)19(13)11-21/h5-6,13-15,17-19H,1-4,7-11H2,(H,22,23). The van der Waals surface area contributed by atoms with Crippen molar-refractivity contribution in [2.45, 2.75) is 44.9 Å². The lowest BCUT2D eigenvalue weighted by Gasteiger charge is -2.44. The molecule has 0 bridgehead atoms. The molecule has 1 aliphatic heterocycles. The van der Waals surface area contributed by atoms with E-state index in [-0.39, 0.29) is 0 Å². The first kappa shape index (κ1) is 14.1. The summed E-state index contributed by atoms with van der Waals surface area (Å²) in [6.07, 6.45) is 13.7. The van der Waals surface area contributed by atoms with Gasteiger partial charge in [0, 0.05) is 13.1 Å². The molecule has 5 rings (SSSR count). The third-order valence-electron chi connectivity index (χ3n) is 7.74. The van der Waals surface area contributed by atoms with E-state index in [0.29, 0.717) is 11.8 Å². The molecule has 1 N–H and O–H groups in total. The molecule has 0 aromatic heterocycles. The molecule has 6 unspecified atom stereocenters. The average molecular weight is 313 g/mol. The topological polar surface area (TPSA) is 40.5 Å². The molecule has 0 aromatic carbocycles. The number of hydrogen-bond acceptors (Lipinski definition) is 1. The van der Waals surface area contributed by atoms with Gasteiger partial charge in [0.05, 0.1) is 0 Å². The number of allylic oxidation sites excluding steroid dienone is 4. The zero-order valence-electron chi connectivity index (χ0n) is 13.8. The maximum absolute atomic E-state index is 11.3. The van der Waals surface area contributed by atoms with Crippen molar-refractivity contribution >= 4 is 6.09 Å². The van der Waals surface area contributed by atoms with Crippen LogP contribution in [0.15, 0.2) is 23.3 Å². The van der Waals surface area contributed by atoms with E-state index in [0.717, 1.165) is 36.8 Å². The maximum atomic E-state index is 11.3. The molecule has 124 valence electrons. The molecule has 0 spiro atoms. The second kappa shape index (κ2) is 5.12. The molecule has 0 radical (unpaired) electrons. The van der Waals surface area contributed by atoms with Gasteiger partial charge in [0.2, 0.25) is 0 Å². The van der Waals surface area contributed by atoms with Gasteiger partial charge in [-0.15, -0.1) is 0 Å². The van der Waals surface area contributed by atoms with Gasteiger partial charge in [-0.1, -0.05) is 29.7 Å². The van der Waals surface area contributed by atoms with Gasteiger partial charge in [0.1, 0.15) is 0 Å². The van der Waals surface area contributed by atoms with Crippen molar-refractivity contribution in [3.05, 3.63) is 23.3 Å². The van der Waals surface area contributed by atoms with E-state index in [9.17, 15) is 9.90 Å². The Morgan fingerprint density at radius 1 is 1.00 bits per heavy atom. The number of hydrogen-bond donors (Lipinski definition) is 1. The van der Waals surface area contributed by atoms with Gasteiger partial charge in [-0.2, -0.15) is 0 Å². The summed E-state index contributed by atoms with van der Waals surface area (Å²) in [6, 6.07) is 0. The van der Waals surface area contributed by atoms with Crippen LogP contribution in [0.25, 0.3) is 0 Å². The van der Waals surface area contributed by atoms with Crippen molar-refractivity contribution in [1.82, 2.24) is 4.90 Å². The Morgan fingerprint density at radius 2 is 1.91 bits per heavy atom. The lowest BCUT2D eigenvalue weighted by molar-refractivity contribution is 0.143. The lowest BCUT2D eigenvalue weighted by atomic mass is 9.60. The van der Waals surface area contributed by atoms with Crippen LogP contribution in [0.1, 0.15) is 44.9 Å². The van der Waals surface area contributed by atoms with Gasteiger partial charge in [0.15, 0.2) is 0 Å². The molecule has 4 aliphatic carbocycles. The van der Waals surface area contributed by atoms with Crippen LogP contribution < -0.4 is 0 Å². The first-order chi connectivity index (χ1) is 11.2. The molecule has 5 aliphatic rings. The highest BCUT2D eigenvalue weighted by atomic mass is 16.4. The molecule has 1 amide bonds. The maximum Gasteiger partial charge on any atom is 0.407 e. The van der Waals surface area contributed by atoms with Gasteiger partial charge < -0.3 is 10.0 Å². The van der Waals surface area contributed by atoms with Crippen LogP contribution in [-0.4, -0.2) is 29.2 Å². The predicted octanol–water partition coefficient (Wildman–Crippen LogP) is 4.32. The molecule has 6 atom stereocenters. The molecular weight excluding hydrogens is 286 g/mol. The van der Waals surface area contributed by atoms with Crippen molar-refractivity contribution in [2.75, 3.05) is 13.1 Å². The summed E-state index contributed by atoms with van der Waals surface area (Å²) in [4.78, 5) is 13.0. The Bertz CT molecular complexity index is 592. The highest BCUT2D eigenvalue weighted by Gasteiger charge is 2.53. The minimum absolute atomic E-state index is 0.623. The normalized spacial score (nSPS) is 44.6. The van der Waals surface area contributed by atoms with E-state index in [4.69, 9.17) is 0 Å². The fourth-order valence-corrected chi connectivity index (χ4v) is 6.81. The SMILES string of the molecule is O=C(O)N1CC2CC3C4=CC=C5CCCCC5C4CCC3C2C1. The molecule has 23 heavy (non-hydrogen) atoms. The molecule has 1 saturated heterocycles. The van der Waals surface area contributed by atoms with Crippen LogP contribution in [-0.2, 0) is 0 Å². The highest BCUT2D eigenvalue weighted by Crippen LogP contribution is 2.58. The summed E-state index contributed by atoms with van der Waals surface area (Å²) >= 11 is 0. The third-order valence-corrected chi connectivity index (χ3v) is 7.74. The fraction of sp³-hybridized carbons (Fsp3) is 0.750. The smallest absolute Gasteiger partial charge is 0.407 e. The molecular formula is C20H27NO2. The van der Waals surface area contributed by atoms with Crippen LogP contribution in [0.2, 0.25) is 0 Å². The minimum atomic E-state index is -0.712. The third kappa shape index (κ3) is 2.04. The van der Waals surface area contributed by atoms with Crippen LogP contribution in [0.3, 0.4) is 0 Å². The van der Waals surface area contributed by atoms with Crippen LogP contribution in [0, 0.1) is 35.5 Å². The number of rotatable bonds is 0. The van der Waals surface area contributed by atoms with E-state index >= 15 is 0 Å². The Kier molecular flexibility index (Phi) is 3.15. The molecule has 4 fully saturated rings. The Labute approximate surface area is 138 Å². The molecule has 3 saturated carbocycles. The van der Waals surface area contributed by atoms with Gasteiger partial charge >= 0.3 is 6.09 Å². The van der Waals surface area contributed by atoms with E-state index in [1.165, 1.54) is 44.9 Å². The van der Waals surface area contributed by atoms with Gasteiger partial charge in [-0.25, -0.2) is 4.79 Å². The fourth-order valence-electron chi connectivity index (χ4n) is 6.81. The summed E-state index contributed by atoms with van der Waals surface area (Å²) in [7, 11) is 0. The highest BCUT2D eigenvalue weighted by molar-refractivity contribution is 5.65. The van der Waals surface area contributed by atoms with E-state index < -0.39 is 6.09 Å². The average Bonchev–Trinajstić information content (AvgIpc) is 3.12. The molecule has 1 heterocycles. The van der Waals surface area contributed by atoms with E-state index in [1.807, 2.05) is 0 Å². The van der Waals surface area contributed by atoms with Gasteiger partial charge in [-0.3, -0.25) is 0 Å². The van der Waals surface area contributed by atoms with Crippen LogP contribution in [0.5, 0.6) is 0 Å². The van der Waals surface area contributed by atoms with Gasteiger partial charge in [0.25, 0.3) is 0 Å². The van der Waals surface area contributed by atoms with Crippen molar-refractivity contribution in [1.29, 1.82) is 0 Å². The first-order valence-corrected chi connectivity index (χ1v) is 9.61. The van der Waals surface area contributed by atoms with Gasteiger partial charge in [-0.05, 0) is 74.0 Å². The zero-order valence-corrected chi connectivity index (χ0v) is 13.8. The number of nitrogens with zero attached hydrogens (tertiary/aromatic N) is 1. The monoisotopic (exact) mass is 313 g/mol. The molecule has 3 nitrogen and oxygen atoms in total. The number of carboxylic acid groups (broad SMARTS) is 1. The summed E-state index contributed by atoms with van der Waals surface area (Å²) < 4.78 is 0. The van der Waals surface area contributed by atoms with Crippen molar-refractivity contribution in [3.63, 3.8) is 0 Å². The number of fused-ring (bicyclic) bond motifs is 7. The van der Waals surface area contributed by atoms with Crippen LogP contribution in [0.4, 0.5) is 4.79 Å². The predicted molar refractivity (Wildman–Crippen MR) is 89.0 cm³/mol. The Hall–Kier alpha value is -1.25. The largest absolute Gasteiger partial charge is 0.465 e. The van der Waals surface area contributed by atoms with Crippen molar-refractivity contribution < 1.29 is 9.90 Å².